The lowest BCUT2D eigenvalue weighted by Gasteiger charge is -2.05. The van der Waals surface area contributed by atoms with Crippen LogP contribution in [0.1, 0.15) is 10.4 Å². The van der Waals surface area contributed by atoms with Gasteiger partial charge < -0.3 is 14.9 Å². The molecule has 0 spiro atoms. The Hall–Kier alpha value is -3.35. The van der Waals surface area contributed by atoms with Crippen LogP contribution in [0.4, 0.5) is 6.01 Å². The standard InChI is InChI=1S/C16H14N4O3/c1-22-12-8-4-2-6-10(12)14(21)19-15(17)20-16-18-11-7-3-5-9-13(11)23-16/h2-9H,1H3,(H3,17,18,19,20,21)/p+1. The highest BCUT2D eigenvalue weighted by Gasteiger charge is 2.16. The fourth-order valence-corrected chi connectivity index (χ4v) is 2.09. The number of rotatable bonds is 3. The minimum absolute atomic E-state index is 0.00691. The van der Waals surface area contributed by atoms with Gasteiger partial charge in [-0.1, -0.05) is 29.2 Å². The monoisotopic (exact) mass is 311 g/mol. The number of ether oxygens (including phenoxy) is 1. The summed E-state index contributed by atoms with van der Waals surface area (Å²) in [6.07, 6.45) is 0. The van der Waals surface area contributed by atoms with Gasteiger partial charge in [0.15, 0.2) is 11.1 Å². The lowest BCUT2D eigenvalue weighted by atomic mass is 10.2. The summed E-state index contributed by atoms with van der Waals surface area (Å²) in [5, 5.41) is 2.53. The first kappa shape index (κ1) is 14.6. The summed E-state index contributed by atoms with van der Waals surface area (Å²) in [4.78, 5) is 19.1. The van der Waals surface area contributed by atoms with E-state index >= 15 is 0 Å². The zero-order chi connectivity index (χ0) is 16.2. The second kappa shape index (κ2) is 6.18. The fourth-order valence-electron chi connectivity index (χ4n) is 2.09. The zero-order valence-electron chi connectivity index (χ0n) is 12.4. The van der Waals surface area contributed by atoms with Gasteiger partial charge in [-0.05, 0) is 24.3 Å². The summed E-state index contributed by atoms with van der Waals surface area (Å²) in [6.45, 7) is 0. The van der Waals surface area contributed by atoms with Crippen LogP contribution in [0.15, 0.2) is 52.9 Å². The third-order valence-electron chi connectivity index (χ3n) is 3.14. The van der Waals surface area contributed by atoms with Crippen LogP contribution in [0.3, 0.4) is 0 Å². The van der Waals surface area contributed by atoms with Crippen LogP contribution in [0, 0.1) is 0 Å². The molecule has 3 aromatic rings. The van der Waals surface area contributed by atoms with Crippen molar-refractivity contribution in [2.75, 3.05) is 7.11 Å². The van der Waals surface area contributed by atoms with Crippen molar-refractivity contribution in [3.63, 3.8) is 0 Å². The van der Waals surface area contributed by atoms with E-state index in [0.29, 0.717) is 22.4 Å². The molecule has 0 saturated carbocycles. The molecule has 0 saturated heterocycles. The summed E-state index contributed by atoms with van der Waals surface area (Å²) in [6, 6.07) is 14.3. The molecule has 23 heavy (non-hydrogen) atoms. The van der Waals surface area contributed by atoms with Gasteiger partial charge in [-0.3, -0.25) is 4.79 Å². The molecule has 0 bridgehead atoms. The van der Waals surface area contributed by atoms with Crippen LogP contribution in [-0.4, -0.2) is 24.0 Å². The SMILES string of the molecule is COc1ccccc1C(=O)NC(N)=[NH+]c1nc2ccccc2o1. The number of nitrogens with one attached hydrogen (secondary N) is 2. The Morgan fingerprint density at radius 3 is 2.74 bits per heavy atom. The summed E-state index contributed by atoms with van der Waals surface area (Å²) in [5.74, 6) is 0.0654. The molecule has 116 valence electrons. The Kier molecular flexibility index (Phi) is 3.92. The number of hydrogen-bond donors (Lipinski definition) is 3. The van der Waals surface area contributed by atoms with Gasteiger partial charge in [-0.2, -0.15) is 0 Å². The number of guanidine groups is 1. The molecule has 4 N–H and O–H groups in total. The van der Waals surface area contributed by atoms with Gasteiger partial charge >= 0.3 is 17.9 Å². The van der Waals surface area contributed by atoms with Crippen molar-refractivity contribution in [3.8, 4) is 5.75 Å². The number of oxazole rings is 1. The number of nitrogens with two attached hydrogens (primary N) is 1. The van der Waals surface area contributed by atoms with E-state index in [2.05, 4.69) is 15.3 Å². The van der Waals surface area contributed by atoms with E-state index in [9.17, 15) is 4.79 Å². The van der Waals surface area contributed by atoms with Crippen molar-refractivity contribution in [3.05, 3.63) is 54.1 Å². The van der Waals surface area contributed by atoms with Gasteiger partial charge in [-0.15, -0.1) is 0 Å². The molecule has 0 unspecified atom stereocenters. The van der Waals surface area contributed by atoms with Crippen LogP contribution >= 0.6 is 0 Å². The van der Waals surface area contributed by atoms with Crippen LogP contribution in [0.2, 0.25) is 0 Å². The molecule has 1 amide bonds. The van der Waals surface area contributed by atoms with Gasteiger partial charge in [0.2, 0.25) is 0 Å². The number of benzene rings is 2. The predicted molar refractivity (Wildman–Crippen MR) is 84.3 cm³/mol. The fraction of sp³-hybridized carbons (Fsp3) is 0.0625. The maximum atomic E-state index is 12.2. The molecular formula is C16H15N4O3+. The highest BCUT2D eigenvalue weighted by Crippen LogP contribution is 2.16. The van der Waals surface area contributed by atoms with Crippen molar-refractivity contribution in [1.29, 1.82) is 0 Å². The van der Waals surface area contributed by atoms with Crippen molar-refractivity contribution in [2.45, 2.75) is 0 Å². The predicted octanol–water partition coefficient (Wildman–Crippen LogP) is 0.293. The number of methoxy groups -OCH3 is 1. The molecule has 1 aromatic heterocycles. The number of carbonyl (C=O) groups is 1. The van der Waals surface area contributed by atoms with Crippen molar-refractivity contribution < 1.29 is 18.9 Å². The van der Waals surface area contributed by atoms with Crippen LogP contribution in [0.25, 0.3) is 11.1 Å². The minimum atomic E-state index is -0.399. The number of hydrogen-bond acceptors (Lipinski definition) is 4. The number of fused-ring (bicyclic) bond motifs is 1. The summed E-state index contributed by atoms with van der Waals surface area (Å²) < 4.78 is 10.6. The normalized spacial score (nSPS) is 11.4. The Labute approximate surface area is 131 Å². The van der Waals surface area contributed by atoms with Crippen molar-refractivity contribution >= 4 is 29.0 Å². The Bertz CT molecular complexity index is 853. The molecule has 7 heteroatoms. The Morgan fingerprint density at radius 1 is 1.22 bits per heavy atom. The topological polar surface area (TPSA) is 104 Å². The molecule has 0 aliphatic rings. The number of nitrogens with zero attached hydrogens (tertiary/aromatic N) is 1. The minimum Gasteiger partial charge on any atom is -0.496 e. The van der Waals surface area contributed by atoms with E-state index in [-0.39, 0.29) is 12.0 Å². The molecule has 0 atom stereocenters. The molecule has 0 aliphatic carbocycles. The average Bonchev–Trinajstić information content (AvgIpc) is 2.96. The second-order valence-electron chi connectivity index (χ2n) is 4.68. The largest absolute Gasteiger partial charge is 0.496 e. The Morgan fingerprint density at radius 2 is 1.96 bits per heavy atom. The van der Waals surface area contributed by atoms with Gasteiger partial charge in [0, 0.05) is 0 Å². The maximum absolute atomic E-state index is 12.2. The van der Waals surface area contributed by atoms with E-state index in [1.165, 1.54) is 7.11 Å². The number of aromatic nitrogens is 1. The van der Waals surface area contributed by atoms with Crippen molar-refractivity contribution in [2.24, 2.45) is 5.73 Å². The summed E-state index contributed by atoms with van der Waals surface area (Å²) in [5.41, 5.74) is 7.48. The first-order valence-corrected chi connectivity index (χ1v) is 6.87. The van der Waals surface area contributed by atoms with E-state index in [4.69, 9.17) is 14.9 Å². The van der Waals surface area contributed by atoms with Crippen LogP contribution in [-0.2, 0) is 0 Å². The molecule has 1 heterocycles. The highest BCUT2D eigenvalue weighted by atomic mass is 16.5. The van der Waals surface area contributed by atoms with Crippen LogP contribution < -0.4 is 20.8 Å². The van der Waals surface area contributed by atoms with E-state index in [0.717, 1.165) is 0 Å². The zero-order valence-corrected chi connectivity index (χ0v) is 12.4. The molecular weight excluding hydrogens is 296 g/mol. The highest BCUT2D eigenvalue weighted by molar-refractivity contribution is 6.05. The van der Waals surface area contributed by atoms with Gasteiger partial charge in [0.1, 0.15) is 5.75 Å². The molecule has 0 aliphatic heterocycles. The van der Waals surface area contributed by atoms with Crippen molar-refractivity contribution in [1.82, 2.24) is 10.3 Å². The van der Waals surface area contributed by atoms with Gasteiger partial charge in [0.25, 0.3) is 0 Å². The van der Waals surface area contributed by atoms with E-state index < -0.39 is 5.91 Å². The molecule has 7 nitrogen and oxygen atoms in total. The second-order valence-corrected chi connectivity index (χ2v) is 4.68. The molecule has 3 rings (SSSR count). The van der Waals surface area contributed by atoms with E-state index in [1.807, 2.05) is 18.2 Å². The summed E-state index contributed by atoms with van der Waals surface area (Å²) in [7, 11) is 1.50. The Balaban J connectivity index is 1.80. The quantitative estimate of drug-likeness (QED) is 0.476. The van der Waals surface area contributed by atoms with Gasteiger partial charge in [-0.25, -0.2) is 10.3 Å². The van der Waals surface area contributed by atoms with Crippen LogP contribution in [0.5, 0.6) is 5.75 Å². The lowest BCUT2D eigenvalue weighted by molar-refractivity contribution is -0.381. The smallest absolute Gasteiger partial charge is 0.406 e. The molecule has 0 fully saturated rings. The molecule has 2 aromatic carbocycles. The molecule has 0 radical (unpaired) electrons. The lowest BCUT2D eigenvalue weighted by Crippen LogP contribution is -2.74. The van der Waals surface area contributed by atoms with Gasteiger partial charge in [0.05, 0.1) is 12.7 Å². The number of amides is 1. The average molecular weight is 311 g/mol. The number of para-hydroxylation sites is 3. The third kappa shape index (κ3) is 3.13. The third-order valence-corrected chi connectivity index (χ3v) is 3.14. The maximum Gasteiger partial charge on any atom is 0.406 e. The first-order valence-electron chi connectivity index (χ1n) is 6.87. The number of carbonyl (C=O) groups excluding carboxylic acids is 1. The van der Waals surface area contributed by atoms with E-state index in [1.54, 1.807) is 30.3 Å². The first-order chi connectivity index (χ1) is 11.2. The summed E-state index contributed by atoms with van der Waals surface area (Å²) >= 11 is 0.